The molecule has 0 radical (unpaired) electrons. The van der Waals surface area contributed by atoms with Gasteiger partial charge in [0.1, 0.15) is 0 Å². The molecule has 2 rings (SSSR count). The first-order valence-corrected chi connectivity index (χ1v) is 10.9. The van der Waals surface area contributed by atoms with Gasteiger partial charge in [-0.1, -0.05) is 0 Å². The van der Waals surface area contributed by atoms with E-state index in [1.165, 1.54) is 18.6 Å². The minimum absolute atomic E-state index is 0.0639. The van der Waals surface area contributed by atoms with Crippen molar-refractivity contribution in [1.29, 1.82) is 0 Å². The van der Waals surface area contributed by atoms with E-state index in [0.29, 0.717) is 30.6 Å². The summed E-state index contributed by atoms with van der Waals surface area (Å²) in [6.07, 6.45) is 3.33. The fourth-order valence-electron chi connectivity index (χ4n) is 2.74. The lowest BCUT2D eigenvalue weighted by atomic mass is 10.2. The molecule has 2 unspecified atom stereocenters. The zero-order valence-corrected chi connectivity index (χ0v) is 15.1. The van der Waals surface area contributed by atoms with Crippen LogP contribution in [0, 0.1) is 0 Å². The number of hydrogen-bond acceptors (Lipinski definition) is 5. The summed E-state index contributed by atoms with van der Waals surface area (Å²) in [5.41, 5.74) is 0. The van der Waals surface area contributed by atoms with Crippen LogP contribution in [-0.2, 0) is 14.6 Å². The van der Waals surface area contributed by atoms with Crippen molar-refractivity contribution in [2.75, 3.05) is 37.4 Å². The first-order chi connectivity index (χ1) is 11.0. The number of guanidine groups is 1. The average Bonchev–Trinajstić information content (AvgIpc) is 3.12. The monoisotopic (exact) mass is 362 g/mol. The normalized spacial score (nSPS) is 26.9. The van der Waals surface area contributed by atoms with Crippen molar-refractivity contribution in [3.63, 3.8) is 0 Å². The van der Waals surface area contributed by atoms with Crippen molar-refractivity contribution < 1.29 is 13.2 Å². The van der Waals surface area contributed by atoms with Gasteiger partial charge < -0.3 is 16.0 Å². The van der Waals surface area contributed by atoms with Gasteiger partial charge in [-0.15, -0.1) is 0 Å². The second-order valence-corrected chi connectivity index (χ2v) is 9.57. The minimum Gasteiger partial charge on any atom is -0.356 e. The van der Waals surface area contributed by atoms with Crippen LogP contribution in [0.2, 0.25) is 0 Å². The number of thioether (sulfide) groups is 1. The fourth-order valence-corrected chi connectivity index (χ4v) is 5.61. The highest BCUT2D eigenvalue weighted by Crippen LogP contribution is 2.25. The molecule has 2 heterocycles. The first-order valence-electron chi connectivity index (χ1n) is 8.04. The Balaban J connectivity index is 1.60. The largest absolute Gasteiger partial charge is 0.356 e. The van der Waals surface area contributed by atoms with Crippen molar-refractivity contribution in [3.8, 4) is 0 Å². The van der Waals surface area contributed by atoms with Crippen LogP contribution in [0.5, 0.6) is 0 Å². The van der Waals surface area contributed by atoms with Gasteiger partial charge in [0.25, 0.3) is 0 Å². The van der Waals surface area contributed by atoms with E-state index in [2.05, 4.69) is 20.9 Å². The van der Waals surface area contributed by atoms with E-state index in [1.807, 2.05) is 11.8 Å². The molecule has 0 spiro atoms. The number of carbonyl (C=O) groups is 1. The molecule has 0 aromatic carbocycles. The molecule has 132 valence electrons. The molecule has 7 nitrogen and oxygen atoms in total. The summed E-state index contributed by atoms with van der Waals surface area (Å²) in [5.74, 6) is 2.05. The molecule has 1 amide bonds. The smallest absolute Gasteiger partial charge is 0.222 e. The van der Waals surface area contributed by atoms with Crippen LogP contribution >= 0.6 is 11.8 Å². The zero-order chi connectivity index (χ0) is 16.7. The van der Waals surface area contributed by atoms with Crippen LogP contribution < -0.4 is 16.0 Å². The van der Waals surface area contributed by atoms with Crippen LogP contribution in [-0.4, -0.2) is 69.0 Å². The average molecular weight is 363 g/mol. The van der Waals surface area contributed by atoms with Gasteiger partial charge in [0.2, 0.25) is 5.91 Å². The molecule has 0 aromatic rings. The molecule has 9 heteroatoms. The zero-order valence-electron chi connectivity index (χ0n) is 13.5. The molecule has 0 aromatic heterocycles. The van der Waals surface area contributed by atoms with Gasteiger partial charge in [-0.05, 0) is 25.0 Å². The molecular formula is C14H26N4O3S2. The van der Waals surface area contributed by atoms with Crippen LogP contribution in [0.4, 0.5) is 0 Å². The van der Waals surface area contributed by atoms with E-state index in [4.69, 9.17) is 0 Å². The molecule has 0 bridgehead atoms. The Kier molecular flexibility index (Phi) is 7.01. The molecule has 23 heavy (non-hydrogen) atoms. The van der Waals surface area contributed by atoms with E-state index < -0.39 is 9.84 Å². The summed E-state index contributed by atoms with van der Waals surface area (Å²) >= 11 is 1.98. The second kappa shape index (κ2) is 8.77. The molecule has 2 aliphatic rings. The third-order valence-corrected chi connectivity index (χ3v) is 7.15. The van der Waals surface area contributed by atoms with Gasteiger partial charge in [0.05, 0.1) is 11.5 Å². The molecule has 2 atom stereocenters. The summed E-state index contributed by atoms with van der Waals surface area (Å²) in [6, 6.07) is -0.232. The lowest BCUT2D eigenvalue weighted by molar-refractivity contribution is -0.121. The van der Waals surface area contributed by atoms with Gasteiger partial charge in [-0.2, -0.15) is 11.8 Å². The topological polar surface area (TPSA) is 99.7 Å². The van der Waals surface area contributed by atoms with E-state index in [0.717, 1.165) is 6.54 Å². The number of hydrogen-bond donors (Lipinski definition) is 3. The van der Waals surface area contributed by atoms with Crippen molar-refractivity contribution in [2.24, 2.45) is 4.99 Å². The van der Waals surface area contributed by atoms with Crippen molar-refractivity contribution >= 4 is 33.5 Å². The second-order valence-electron chi connectivity index (χ2n) is 5.93. The maximum atomic E-state index is 11.8. The predicted molar refractivity (Wildman–Crippen MR) is 94.7 cm³/mol. The third kappa shape index (κ3) is 6.58. The van der Waals surface area contributed by atoms with Gasteiger partial charge in [-0.3, -0.25) is 9.79 Å². The number of carbonyl (C=O) groups excluding carboxylic acids is 1. The minimum atomic E-state index is -2.96. The van der Waals surface area contributed by atoms with Crippen LogP contribution in [0.1, 0.15) is 25.7 Å². The number of aliphatic imine (C=N–C) groups is 1. The summed E-state index contributed by atoms with van der Waals surface area (Å²) in [6.45, 7) is 1.36. The number of amides is 1. The summed E-state index contributed by atoms with van der Waals surface area (Å²) in [5, 5.41) is 9.81. The Bertz CT molecular complexity index is 530. The summed E-state index contributed by atoms with van der Waals surface area (Å²) in [4.78, 5) is 16.0. The highest BCUT2D eigenvalue weighted by atomic mass is 32.2. The third-order valence-electron chi connectivity index (χ3n) is 3.99. The summed E-state index contributed by atoms with van der Waals surface area (Å²) < 4.78 is 22.7. The molecule has 3 N–H and O–H groups in total. The van der Waals surface area contributed by atoms with E-state index in [1.54, 1.807) is 7.05 Å². The molecule has 2 fully saturated rings. The van der Waals surface area contributed by atoms with E-state index >= 15 is 0 Å². The molecule has 0 saturated carbocycles. The Morgan fingerprint density at radius 1 is 1.30 bits per heavy atom. The first kappa shape index (κ1) is 18.4. The predicted octanol–water partition coefficient (Wildman–Crippen LogP) is -0.260. The van der Waals surface area contributed by atoms with Crippen molar-refractivity contribution in [2.45, 2.75) is 37.0 Å². The Morgan fingerprint density at radius 2 is 2.13 bits per heavy atom. The SMILES string of the molecule is CN=C(NCCC(=O)NC1CCS(=O)(=O)C1)NCC1CCCS1. The van der Waals surface area contributed by atoms with Crippen LogP contribution in [0.25, 0.3) is 0 Å². The van der Waals surface area contributed by atoms with Gasteiger partial charge >= 0.3 is 0 Å². The Labute approximate surface area is 142 Å². The number of rotatable bonds is 6. The number of sulfone groups is 1. The lowest BCUT2D eigenvalue weighted by Gasteiger charge is -2.15. The maximum absolute atomic E-state index is 11.8. The van der Waals surface area contributed by atoms with Crippen molar-refractivity contribution in [3.05, 3.63) is 0 Å². The Morgan fingerprint density at radius 3 is 2.74 bits per heavy atom. The van der Waals surface area contributed by atoms with E-state index in [9.17, 15) is 13.2 Å². The fraction of sp³-hybridized carbons (Fsp3) is 0.857. The molecular weight excluding hydrogens is 336 g/mol. The molecule has 2 aliphatic heterocycles. The van der Waals surface area contributed by atoms with Crippen molar-refractivity contribution in [1.82, 2.24) is 16.0 Å². The summed E-state index contributed by atoms with van der Waals surface area (Å²) in [7, 11) is -1.25. The van der Waals surface area contributed by atoms with Gasteiger partial charge in [0, 0.05) is 37.8 Å². The highest BCUT2D eigenvalue weighted by molar-refractivity contribution is 8.00. The number of nitrogens with zero attached hydrogens (tertiary/aromatic N) is 1. The van der Waals surface area contributed by atoms with E-state index in [-0.39, 0.29) is 23.5 Å². The standard InChI is InChI=1S/C14H26N4O3S2/c1-15-14(17-9-12-3-2-7-22-12)16-6-4-13(19)18-11-5-8-23(20,21)10-11/h11-12H,2-10H2,1H3,(H,18,19)(H2,15,16,17). The lowest BCUT2D eigenvalue weighted by Crippen LogP contribution is -2.42. The number of nitrogens with one attached hydrogen (secondary N) is 3. The molecule has 2 saturated heterocycles. The molecule has 0 aliphatic carbocycles. The van der Waals surface area contributed by atoms with Gasteiger partial charge in [0.15, 0.2) is 15.8 Å². The Hall–Kier alpha value is -0.960. The van der Waals surface area contributed by atoms with Crippen LogP contribution in [0.15, 0.2) is 4.99 Å². The quantitative estimate of drug-likeness (QED) is 0.445. The van der Waals surface area contributed by atoms with Crippen LogP contribution in [0.3, 0.4) is 0 Å². The maximum Gasteiger partial charge on any atom is 0.222 e. The highest BCUT2D eigenvalue weighted by Gasteiger charge is 2.28. The van der Waals surface area contributed by atoms with Gasteiger partial charge in [-0.25, -0.2) is 8.42 Å².